The van der Waals surface area contributed by atoms with Gasteiger partial charge in [-0.15, -0.1) is 0 Å². The molecule has 130 valence electrons. The normalized spacial score (nSPS) is 26.0. The van der Waals surface area contributed by atoms with E-state index in [0.717, 1.165) is 5.65 Å². The van der Waals surface area contributed by atoms with Crippen LogP contribution in [0.15, 0.2) is 48.8 Å². The maximum absolute atomic E-state index is 4.76. The lowest BCUT2D eigenvalue weighted by molar-refractivity contribution is 0.230. The van der Waals surface area contributed by atoms with E-state index >= 15 is 0 Å². The van der Waals surface area contributed by atoms with Gasteiger partial charge in [-0.3, -0.25) is 4.57 Å². The molecule has 0 radical (unpaired) electrons. The molecule has 4 aromatic rings. The molecule has 6 rings (SSSR count). The molecule has 0 amide bonds. The Balaban J connectivity index is 1.73. The van der Waals surface area contributed by atoms with Gasteiger partial charge in [-0.05, 0) is 47.9 Å². The van der Waals surface area contributed by atoms with Gasteiger partial charge in [0.2, 0.25) is 0 Å². The molecule has 1 N–H and O–H groups in total. The van der Waals surface area contributed by atoms with Crippen LogP contribution in [0.1, 0.15) is 50.7 Å². The van der Waals surface area contributed by atoms with Gasteiger partial charge in [0.05, 0.1) is 5.52 Å². The van der Waals surface area contributed by atoms with Gasteiger partial charge >= 0.3 is 0 Å². The summed E-state index contributed by atoms with van der Waals surface area (Å²) in [5.74, 6) is 1.84. The van der Waals surface area contributed by atoms with Crippen molar-refractivity contribution in [3.63, 3.8) is 0 Å². The van der Waals surface area contributed by atoms with E-state index in [-0.39, 0.29) is 5.41 Å². The third kappa shape index (κ3) is 1.42. The minimum absolute atomic E-state index is 0.272. The first-order chi connectivity index (χ1) is 12.5. The molecule has 1 fully saturated rings. The fraction of sp³-hybridized carbons (Fsp3) is 0.348. The molecule has 2 unspecified atom stereocenters. The molecule has 0 aliphatic heterocycles. The number of hydrogen-bond donors (Lipinski definition) is 1. The molecule has 1 aromatic carbocycles. The molecular formula is C23H23N3. The Morgan fingerprint density at radius 2 is 1.88 bits per heavy atom. The first-order valence-electron chi connectivity index (χ1n) is 9.60. The number of fused-ring (bicyclic) bond motifs is 8. The van der Waals surface area contributed by atoms with Gasteiger partial charge in [0.25, 0.3) is 0 Å². The third-order valence-electron chi connectivity index (χ3n) is 7.72. The second-order valence-electron chi connectivity index (χ2n) is 8.84. The Kier molecular flexibility index (Phi) is 2.47. The summed E-state index contributed by atoms with van der Waals surface area (Å²) in [5, 5.41) is 2.49. The van der Waals surface area contributed by atoms with E-state index in [4.69, 9.17) is 4.98 Å². The molecule has 2 aliphatic carbocycles. The lowest BCUT2D eigenvalue weighted by Crippen LogP contribution is -2.31. The van der Waals surface area contributed by atoms with Crippen molar-refractivity contribution < 1.29 is 0 Å². The van der Waals surface area contributed by atoms with Crippen LogP contribution in [0.3, 0.4) is 0 Å². The monoisotopic (exact) mass is 341 g/mol. The van der Waals surface area contributed by atoms with Crippen LogP contribution in [-0.4, -0.2) is 14.5 Å². The average molecular weight is 341 g/mol. The minimum atomic E-state index is 0.272. The van der Waals surface area contributed by atoms with Crippen LogP contribution in [0.2, 0.25) is 0 Å². The molecule has 1 saturated carbocycles. The van der Waals surface area contributed by atoms with E-state index < -0.39 is 0 Å². The summed E-state index contributed by atoms with van der Waals surface area (Å²) in [7, 11) is 0. The first kappa shape index (κ1) is 14.6. The van der Waals surface area contributed by atoms with Crippen molar-refractivity contribution in [1.29, 1.82) is 0 Å². The summed E-state index contributed by atoms with van der Waals surface area (Å²) in [6.45, 7) is 7.37. The Hall–Kier alpha value is -2.55. The number of nitrogens with one attached hydrogen (secondary N) is 1. The molecule has 3 nitrogen and oxygen atoms in total. The predicted octanol–water partition coefficient (Wildman–Crippen LogP) is 5.68. The van der Waals surface area contributed by atoms with Crippen LogP contribution in [0, 0.1) is 5.41 Å². The smallest absolute Gasteiger partial charge is 0.146 e. The number of benzene rings is 1. The highest BCUT2D eigenvalue weighted by atomic mass is 15.1. The number of H-pyrrole nitrogens is 1. The van der Waals surface area contributed by atoms with Gasteiger partial charge in [0.15, 0.2) is 0 Å². The summed E-state index contributed by atoms with van der Waals surface area (Å²) >= 11 is 0. The summed E-state index contributed by atoms with van der Waals surface area (Å²) in [5.41, 5.74) is 5.91. The zero-order chi connectivity index (χ0) is 17.7. The van der Waals surface area contributed by atoms with Crippen molar-refractivity contribution in [3.05, 3.63) is 59.9 Å². The number of aromatic amines is 1. The highest BCUT2D eigenvalue weighted by molar-refractivity contribution is 6.07. The highest BCUT2D eigenvalue weighted by Crippen LogP contribution is 2.68. The fourth-order valence-electron chi connectivity index (χ4n) is 5.93. The average Bonchev–Trinajstić information content (AvgIpc) is 3.31. The van der Waals surface area contributed by atoms with Crippen molar-refractivity contribution in [3.8, 4) is 5.82 Å². The Bertz CT molecular complexity index is 1140. The molecule has 2 aliphatic rings. The number of pyridine rings is 1. The van der Waals surface area contributed by atoms with E-state index in [0.29, 0.717) is 11.3 Å². The van der Waals surface area contributed by atoms with E-state index in [1.165, 1.54) is 46.1 Å². The van der Waals surface area contributed by atoms with E-state index in [2.05, 4.69) is 66.9 Å². The second kappa shape index (κ2) is 4.40. The Morgan fingerprint density at radius 3 is 2.77 bits per heavy atom. The van der Waals surface area contributed by atoms with E-state index in [1.54, 1.807) is 0 Å². The van der Waals surface area contributed by atoms with E-state index in [1.807, 2.05) is 12.3 Å². The van der Waals surface area contributed by atoms with Crippen LogP contribution in [0.25, 0.3) is 27.8 Å². The third-order valence-corrected chi connectivity index (χ3v) is 7.72. The maximum atomic E-state index is 4.76. The maximum Gasteiger partial charge on any atom is 0.146 e. The summed E-state index contributed by atoms with van der Waals surface area (Å²) in [6, 6.07) is 12.9. The standard InChI is InChI=1S/C23H23N3/c1-22(2)16-10-11-23(22,3)17-13-25-21(19(16)17)26-18-9-5-4-7-14(18)15-8-6-12-24-20(15)26/h4-9,12-13,16,25H,10-11H2,1-3H3. The number of hydrogen-bond acceptors (Lipinski definition) is 1. The lowest BCUT2D eigenvalue weighted by atomic mass is 9.69. The SMILES string of the molecule is CC12CCC(c3c1c[nH]c3-n1c3ccccc3c3cccnc31)C2(C)C. The molecule has 3 heterocycles. The molecule has 0 spiro atoms. The Labute approximate surface area is 153 Å². The molecular weight excluding hydrogens is 318 g/mol. The quantitative estimate of drug-likeness (QED) is 0.474. The largest absolute Gasteiger partial charge is 0.347 e. The van der Waals surface area contributed by atoms with Gasteiger partial charge in [0, 0.05) is 34.1 Å². The summed E-state index contributed by atoms with van der Waals surface area (Å²) in [4.78, 5) is 8.41. The molecule has 2 atom stereocenters. The van der Waals surface area contributed by atoms with Crippen molar-refractivity contribution in [1.82, 2.24) is 14.5 Å². The topological polar surface area (TPSA) is 33.6 Å². The van der Waals surface area contributed by atoms with Crippen molar-refractivity contribution in [2.45, 2.75) is 44.9 Å². The molecule has 3 aromatic heterocycles. The molecule has 2 bridgehead atoms. The van der Waals surface area contributed by atoms with Crippen molar-refractivity contribution >= 4 is 21.9 Å². The van der Waals surface area contributed by atoms with Gasteiger partial charge in [-0.25, -0.2) is 4.98 Å². The lowest BCUT2D eigenvalue weighted by Gasteiger charge is -2.35. The predicted molar refractivity (Wildman–Crippen MR) is 106 cm³/mol. The molecule has 26 heavy (non-hydrogen) atoms. The highest BCUT2D eigenvalue weighted by Gasteiger charge is 2.60. The van der Waals surface area contributed by atoms with Gasteiger partial charge in [-0.2, -0.15) is 0 Å². The minimum Gasteiger partial charge on any atom is -0.347 e. The van der Waals surface area contributed by atoms with Crippen LogP contribution in [-0.2, 0) is 5.41 Å². The summed E-state index contributed by atoms with van der Waals surface area (Å²) in [6.07, 6.45) is 6.75. The zero-order valence-corrected chi connectivity index (χ0v) is 15.5. The van der Waals surface area contributed by atoms with Crippen molar-refractivity contribution in [2.75, 3.05) is 0 Å². The molecule has 3 heteroatoms. The van der Waals surface area contributed by atoms with Gasteiger partial charge in [0.1, 0.15) is 11.5 Å². The van der Waals surface area contributed by atoms with Crippen LogP contribution in [0.4, 0.5) is 0 Å². The van der Waals surface area contributed by atoms with Crippen LogP contribution < -0.4 is 0 Å². The fourth-order valence-corrected chi connectivity index (χ4v) is 5.93. The first-order valence-corrected chi connectivity index (χ1v) is 9.60. The van der Waals surface area contributed by atoms with Crippen LogP contribution >= 0.6 is 0 Å². The number of nitrogens with zero attached hydrogens (tertiary/aromatic N) is 2. The van der Waals surface area contributed by atoms with Gasteiger partial charge < -0.3 is 4.98 Å². The van der Waals surface area contributed by atoms with E-state index in [9.17, 15) is 0 Å². The Morgan fingerprint density at radius 1 is 1.08 bits per heavy atom. The number of rotatable bonds is 1. The van der Waals surface area contributed by atoms with Crippen LogP contribution in [0.5, 0.6) is 0 Å². The summed E-state index contributed by atoms with van der Waals surface area (Å²) < 4.78 is 2.35. The van der Waals surface area contributed by atoms with Crippen molar-refractivity contribution in [2.24, 2.45) is 5.41 Å². The van der Waals surface area contributed by atoms with Gasteiger partial charge in [-0.1, -0.05) is 39.0 Å². The number of para-hydroxylation sites is 1. The molecule has 0 saturated heterocycles. The number of aromatic nitrogens is 3. The zero-order valence-electron chi connectivity index (χ0n) is 15.5. The second-order valence-corrected chi connectivity index (χ2v) is 8.84.